The van der Waals surface area contributed by atoms with E-state index in [0.717, 1.165) is 0 Å². The normalized spacial score (nSPS) is 12.2. The number of phenolic OH excluding ortho intramolecular Hbond substituents is 1. The van der Waals surface area contributed by atoms with Gasteiger partial charge in [0.2, 0.25) is 0 Å². The van der Waals surface area contributed by atoms with Crippen molar-refractivity contribution < 1.29 is 15.0 Å². The molecule has 0 radical (unpaired) electrons. The van der Waals surface area contributed by atoms with E-state index in [9.17, 15) is 15.0 Å². The standard InChI is InChI=1S/C15H14N2O3/c18-13-8-4-5-11(9-13)10-16-17-15(20)14(19)12-6-2-1-3-7-12/h1-10,14,18-19H,(H,17,20)/b16-10+. The van der Waals surface area contributed by atoms with Crippen LogP contribution < -0.4 is 5.43 Å². The number of hydrazone groups is 1. The Labute approximate surface area is 116 Å². The molecule has 0 bridgehead atoms. The molecule has 1 amide bonds. The van der Waals surface area contributed by atoms with Gasteiger partial charge in [-0.15, -0.1) is 0 Å². The number of benzene rings is 2. The van der Waals surface area contributed by atoms with Gasteiger partial charge in [-0.25, -0.2) is 5.43 Å². The van der Waals surface area contributed by atoms with Crippen LogP contribution in [0.3, 0.4) is 0 Å². The lowest BCUT2D eigenvalue weighted by atomic mass is 10.1. The summed E-state index contributed by atoms with van der Waals surface area (Å²) in [5, 5.41) is 22.8. The molecule has 0 saturated heterocycles. The lowest BCUT2D eigenvalue weighted by Gasteiger charge is -2.08. The molecule has 0 heterocycles. The zero-order valence-corrected chi connectivity index (χ0v) is 10.6. The first-order chi connectivity index (χ1) is 9.66. The number of rotatable bonds is 4. The Hall–Kier alpha value is -2.66. The molecule has 5 nitrogen and oxygen atoms in total. The van der Waals surface area contributed by atoms with Crippen LogP contribution in [-0.2, 0) is 4.79 Å². The highest BCUT2D eigenvalue weighted by atomic mass is 16.3. The van der Waals surface area contributed by atoms with E-state index < -0.39 is 12.0 Å². The summed E-state index contributed by atoms with van der Waals surface area (Å²) in [7, 11) is 0. The summed E-state index contributed by atoms with van der Waals surface area (Å²) in [4.78, 5) is 11.7. The van der Waals surface area contributed by atoms with Gasteiger partial charge in [-0.3, -0.25) is 4.79 Å². The zero-order chi connectivity index (χ0) is 14.4. The molecule has 0 aliphatic heterocycles. The maximum Gasteiger partial charge on any atom is 0.273 e. The SMILES string of the molecule is O=C(N/N=C/c1cccc(O)c1)C(O)c1ccccc1. The van der Waals surface area contributed by atoms with E-state index in [0.29, 0.717) is 11.1 Å². The van der Waals surface area contributed by atoms with E-state index in [1.54, 1.807) is 42.5 Å². The number of aliphatic hydroxyl groups excluding tert-OH is 1. The van der Waals surface area contributed by atoms with E-state index in [1.807, 2.05) is 0 Å². The minimum atomic E-state index is -1.27. The van der Waals surface area contributed by atoms with Crippen LogP contribution in [0.15, 0.2) is 59.7 Å². The summed E-state index contributed by atoms with van der Waals surface area (Å²) < 4.78 is 0. The number of nitrogens with one attached hydrogen (secondary N) is 1. The number of hydrogen-bond acceptors (Lipinski definition) is 4. The summed E-state index contributed by atoms with van der Waals surface area (Å²) in [6, 6.07) is 15.0. The van der Waals surface area contributed by atoms with Gasteiger partial charge < -0.3 is 10.2 Å². The number of carbonyl (C=O) groups is 1. The first kappa shape index (κ1) is 13.8. The molecular weight excluding hydrogens is 256 g/mol. The van der Waals surface area contributed by atoms with E-state index in [-0.39, 0.29) is 5.75 Å². The fraction of sp³-hybridized carbons (Fsp3) is 0.0667. The molecule has 0 aliphatic carbocycles. The highest BCUT2D eigenvalue weighted by molar-refractivity contribution is 5.85. The van der Waals surface area contributed by atoms with Gasteiger partial charge in [-0.2, -0.15) is 5.10 Å². The summed E-state index contributed by atoms with van der Waals surface area (Å²) in [6.07, 6.45) is 0.118. The molecule has 0 saturated carbocycles. The van der Waals surface area contributed by atoms with Crippen LogP contribution in [0.4, 0.5) is 0 Å². The Bertz CT molecular complexity index is 612. The van der Waals surface area contributed by atoms with Crippen LogP contribution in [0.1, 0.15) is 17.2 Å². The fourth-order valence-electron chi connectivity index (χ4n) is 1.62. The summed E-state index contributed by atoms with van der Waals surface area (Å²) in [5.74, 6) is -0.503. The average Bonchev–Trinajstić information content (AvgIpc) is 2.47. The molecule has 20 heavy (non-hydrogen) atoms. The number of hydrogen-bond donors (Lipinski definition) is 3. The maximum absolute atomic E-state index is 11.7. The second-order valence-corrected chi connectivity index (χ2v) is 4.14. The van der Waals surface area contributed by atoms with Gasteiger partial charge in [0.05, 0.1) is 6.21 Å². The number of amides is 1. The summed E-state index contributed by atoms with van der Waals surface area (Å²) >= 11 is 0. The summed E-state index contributed by atoms with van der Waals surface area (Å²) in [5.41, 5.74) is 3.38. The molecule has 1 atom stereocenters. The largest absolute Gasteiger partial charge is 0.508 e. The van der Waals surface area contributed by atoms with Crippen molar-refractivity contribution in [1.82, 2.24) is 5.43 Å². The molecule has 2 aromatic rings. The number of carbonyl (C=O) groups excluding carboxylic acids is 1. The number of nitrogens with zero attached hydrogens (tertiary/aromatic N) is 1. The predicted molar refractivity (Wildman–Crippen MR) is 75.2 cm³/mol. The lowest BCUT2D eigenvalue weighted by molar-refractivity contribution is -0.129. The highest BCUT2D eigenvalue weighted by Gasteiger charge is 2.15. The molecule has 102 valence electrons. The van der Waals surface area contributed by atoms with E-state index >= 15 is 0 Å². The van der Waals surface area contributed by atoms with Crippen LogP contribution >= 0.6 is 0 Å². The smallest absolute Gasteiger partial charge is 0.273 e. The monoisotopic (exact) mass is 270 g/mol. The molecule has 0 spiro atoms. The van der Waals surface area contributed by atoms with Gasteiger partial charge in [0.15, 0.2) is 6.10 Å². The van der Waals surface area contributed by atoms with Crippen LogP contribution in [0, 0.1) is 0 Å². The highest BCUT2D eigenvalue weighted by Crippen LogP contribution is 2.12. The van der Waals surface area contributed by atoms with Gasteiger partial charge in [-0.1, -0.05) is 42.5 Å². The molecule has 2 aromatic carbocycles. The third-order valence-electron chi connectivity index (χ3n) is 2.62. The Morgan fingerprint density at radius 1 is 1.15 bits per heavy atom. The van der Waals surface area contributed by atoms with Crippen molar-refractivity contribution >= 4 is 12.1 Å². The van der Waals surface area contributed by atoms with Crippen LogP contribution in [0.25, 0.3) is 0 Å². The minimum absolute atomic E-state index is 0.115. The molecule has 3 N–H and O–H groups in total. The number of aromatic hydroxyl groups is 1. The van der Waals surface area contributed by atoms with Crippen molar-refractivity contribution in [2.75, 3.05) is 0 Å². The first-order valence-electron chi connectivity index (χ1n) is 6.02. The summed E-state index contributed by atoms with van der Waals surface area (Å²) in [6.45, 7) is 0. The maximum atomic E-state index is 11.7. The number of phenols is 1. The Morgan fingerprint density at radius 3 is 2.60 bits per heavy atom. The topological polar surface area (TPSA) is 81.9 Å². The fourth-order valence-corrected chi connectivity index (χ4v) is 1.62. The van der Waals surface area contributed by atoms with Crippen LogP contribution in [0.2, 0.25) is 0 Å². The predicted octanol–water partition coefficient (Wildman–Crippen LogP) is 1.58. The van der Waals surface area contributed by atoms with Crippen molar-refractivity contribution in [2.45, 2.75) is 6.10 Å². The second kappa shape index (κ2) is 6.49. The van der Waals surface area contributed by atoms with Gasteiger partial charge in [0, 0.05) is 0 Å². The van der Waals surface area contributed by atoms with Gasteiger partial charge in [0.25, 0.3) is 5.91 Å². The van der Waals surface area contributed by atoms with Crippen molar-refractivity contribution in [3.63, 3.8) is 0 Å². The molecule has 0 aromatic heterocycles. The number of aliphatic hydroxyl groups is 1. The zero-order valence-electron chi connectivity index (χ0n) is 10.6. The molecule has 1 unspecified atom stereocenters. The Morgan fingerprint density at radius 2 is 1.90 bits per heavy atom. The average molecular weight is 270 g/mol. The van der Waals surface area contributed by atoms with Crippen molar-refractivity contribution in [2.24, 2.45) is 5.10 Å². The quantitative estimate of drug-likeness (QED) is 0.582. The Balaban J connectivity index is 1.95. The van der Waals surface area contributed by atoms with Crippen molar-refractivity contribution in [3.05, 3.63) is 65.7 Å². The molecule has 2 rings (SSSR count). The van der Waals surface area contributed by atoms with Crippen LogP contribution in [0.5, 0.6) is 5.75 Å². The third-order valence-corrected chi connectivity index (χ3v) is 2.62. The van der Waals surface area contributed by atoms with E-state index in [2.05, 4.69) is 10.5 Å². The molecule has 5 heteroatoms. The second-order valence-electron chi connectivity index (χ2n) is 4.14. The first-order valence-corrected chi connectivity index (χ1v) is 6.02. The van der Waals surface area contributed by atoms with Crippen molar-refractivity contribution in [1.29, 1.82) is 0 Å². The van der Waals surface area contributed by atoms with E-state index in [4.69, 9.17) is 0 Å². The van der Waals surface area contributed by atoms with Crippen LogP contribution in [-0.4, -0.2) is 22.3 Å². The Kier molecular flexibility index (Phi) is 4.47. The third kappa shape index (κ3) is 3.66. The molecule has 0 aliphatic rings. The van der Waals surface area contributed by atoms with E-state index in [1.165, 1.54) is 18.3 Å². The van der Waals surface area contributed by atoms with Gasteiger partial charge in [0.1, 0.15) is 5.75 Å². The molecular formula is C15H14N2O3. The minimum Gasteiger partial charge on any atom is -0.508 e. The van der Waals surface area contributed by atoms with Crippen molar-refractivity contribution in [3.8, 4) is 5.75 Å². The van der Waals surface area contributed by atoms with Gasteiger partial charge >= 0.3 is 0 Å². The lowest BCUT2D eigenvalue weighted by Crippen LogP contribution is -2.25. The molecule has 0 fully saturated rings. The van der Waals surface area contributed by atoms with Gasteiger partial charge in [-0.05, 0) is 23.3 Å².